The number of hydrogen-bond acceptors (Lipinski definition) is 1. The van der Waals surface area contributed by atoms with Crippen LogP contribution in [-0.2, 0) is 12.8 Å². The van der Waals surface area contributed by atoms with Gasteiger partial charge in [-0.2, -0.15) is 0 Å². The zero-order valence-electron chi connectivity index (χ0n) is 11.6. The fourth-order valence-electron chi connectivity index (χ4n) is 2.32. The Labute approximate surface area is 133 Å². The van der Waals surface area contributed by atoms with E-state index in [4.69, 9.17) is 0 Å². The van der Waals surface area contributed by atoms with E-state index in [9.17, 15) is 4.39 Å². The molecule has 0 aliphatic heterocycles. The van der Waals surface area contributed by atoms with E-state index >= 15 is 0 Å². The lowest BCUT2D eigenvalue weighted by atomic mass is 9.99. The molecule has 0 aromatic heterocycles. The quantitative estimate of drug-likeness (QED) is 0.738. The van der Waals surface area contributed by atoms with Crippen LogP contribution in [0.2, 0.25) is 0 Å². The van der Waals surface area contributed by atoms with Gasteiger partial charge in [0.15, 0.2) is 0 Å². The molecule has 2 aromatic carbocycles. The predicted molar refractivity (Wildman–Crippen MR) is 90.4 cm³/mol. The van der Waals surface area contributed by atoms with Gasteiger partial charge in [-0.1, -0.05) is 31.2 Å². The van der Waals surface area contributed by atoms with Crippen LogP contribution in [0.4, 0.5) is 4.39 Å². The van der Waals surface area contributed by atoms with E-state index in [0.717, 1.165) is 19.4 Å². The Hall–Kier alpha value is -0.940. The molecule has 0 fully saturated rings. The number of rotatable bonds is 6. The molecule has 0 saturated heterocycles. The van der Waals surface area contributed by atoms with Crippen molar-refractivity contribution in [1.82, 2.24) is 5.32 Å². The highest BCUT2D eigenvalue weighted by atomic mass is 127. The molecule has 2 rings (SSSR count). The monoisotopic (exact) mass is 383 g/mol. The highest BCUT2D eigenvalue weighted by Gasteiger charge is 2.09. The summed E-state index contributed by atoms with van der Waals surface area (Å²) in [5.41, 5.74) is 2.50. The Morgan fingerprint density at radius 3 is 1.95 bits per heavy atom. The van der Waals surface area contributed by atoms with E-state index in [0.29, 0.717) is 6.04 Å². The van der Waals surface area contributed by atoms with E-state index in [2.05, 4.69) is 59.1 Å². The van der Waals surface area contributed by atoms with Crippen molar-refractivity contribution in [2.75, 3.05) is 6.54 Å². The molecule has 20 heavy (non-hydrogen) atoms. The minimum Gasteiger partial charge on any atom is -0.314 e. The third-order valence-electron chi connectivity index (χ3n) is 3.28. The summed E-state index contributed by atoms with van der Waals surface area (Å²) in [5.74, 6) is -0.175. The van der Waals surface area contributed by atoms with Crippen LogP contribution >= 0.6 is 22.6 Å². The summed E-state index contributed by atoms with van der Waals surface area (Å²) < 4.78 is 14.2. The van der Waals surface area contributed by atoms with Crippen LogP contribution in [0.1, 0.15) is 18.1 Å². The van der Waals surface area contributed by atoms with Crippen molar-refractivity contribution < 1.29 is 4.39 Å². The highest BCUT2D eigenvalue weighted by Crippen LogP contribution is 2.12. The third kappa shape index (κ3) is 4.87. The Morgan fingerprint density at radius 2 is 1.45 bits per heavy atom. The molecule has 2 aromatic rings. The molecule has 1 N–H and O–H groups in total. The molecule has 1 unspecified atom stereocenters. The van der Waals surface area contributed by atoms with Gasteiger partial charge in [-0.15, -0.1) is 0 Å². The first-order valence-electron chi connectivity index (χ1n) is 6.89. The molecule has 1 nitrogen and oxygen atoms in total. The van der Waals surface area contributed by atoms with Crippen molar-refractivity contribution in [3.8, 4) is 0 Å². The average molecular weight is 383 g/mol. The zero-order chi connectivity index (χ0) is 14.4. The van der Waals surface area contributed by atoms with Gasteiger partial charge in [0.1, 0.15) is 5.82 Å². The van der Waals surface area contributed by atoms with Gasteiger partial charge in [-0.25, -0.2) is 4.39 Å². The molecule has 1 atom stereocenters. The van der Waals surface area contributed by atoms with Gasteiger partial charge >= 0.3 is 0 Å². The first kappa shape index (κ1) is 15.4. The van der Waals surface area contributed by atoms with Gasteiger partial charge in [0, 0.05) is 9.61 Å². The lowest BCUT2D eigenvalue weighted by Crippen LogP contribution is -2.33. The van der Waals surface area contributed by atoms with Gasteiger partial charge in [0.25, 0.3) is 0 Å². The molecular formula is C17H19FIN. The minimum absolute atomic E-state index is 0.175. The lowest BCUT2D eigenvalue weighted by Gasteiger charge is -2.18. The van der Waals surface area contributed by atoms with Crippen molar-refractivity contribution in [2.24, 2.45) is 0 Å². The van der Waals surface area contributed by atoms with Crippen LogP contribution in [0.25, 0.3) is 0 Å². The summed E-state index contributed by atoms with van der Waals surface area (Å²) in [7, 11) is 0. The molecule has 3 heteroatoms. The SMILES string of the molecule is CCNC(Cc1ccc(F)cc1)Cc1ccc(I)cc1. The Kier molecular flexibility index (Phi) is 5.98. The molecule has 0 amide bonds. The number of benzene rings is 2. The summed E-state index contributed by atoms with van der Waals surface area (Å²) >= 11 is 2.32. The molecule has 0 aliphatic carbocycles. The van der Waals surface area contributed by atoms with E-state index in [1.54, 1.807) is 0 Å². The van der Waals surface area contributed by atoms with Gasteiger partial charge in [-0.3, -0.25) is 0 Å². The van der Waals surface area contributed by atoms with Gasteiger partial charge in [-0.05, 0) is 77.4 Å². The summed E-state index contributed by atoms with van der Waals surface area (Å²) in [6.45, 7) is 3.06. The second-order valence-corrected chi connectivity index (χ2v) is 6.16. The van der Waals surface area contributed by atoms with Gasteiger partial charge in [0.05, 0.1) is 0 Å². The average Bonchev–Trinajstić information content (AvgIpc) is 2.44. The van der Waals surface area contributed by atoms with Gasteiger partial charge in [0.2, 0.25) is 0 Å². The Morgan fingerprint density at radius 1 is 0.950 bits per heavy atom. The van der Waals surface area contributed by atoms with Crippen molar-refractivity contribution in [2.45, 2.75) is 25.8 Å². The van der Waals surface area contributed by atoms with Crippen molar-refractivity contribution >= 4 is 22.6 Å². The lowest BCUT2D eigenvalue weighted by molar-refractivity contribution is 0.521. The van der Waals surface area contributed by atoms with Crippen LogP contribution in [0.15, 0.2) is 48.5 Å². The van der Waals surface area contributed by atoms with Crippen molar-refractivity contribution in [3.05, 3.63) is 69.0 Å². The molecular weight excluding hydrogens is 364 g/mol. The zero-order valence-corrected chi connectivity index (χ0v) is 13.7. The molecule has 0 heterocycles. The largest absolute Gasteiger partial charge is 0.314 e. The third-order valence-corrected chi connectivity index (χ3v) is 4.00. The number of nitrogens with one attached hydrogen (secondary N) is 1. The van der Waals surface area contributed by atoms with Crippen molar-refractivity contribution in [3.63, 3.8) is 0 Å². The van der Waals surface area contributed by atoms with Crippen LogP contribution in [0.5, 0.6) is 0 Å². The first-order chi connectivity index (χ1) is 9.67. The standard InChI is InChI=1S/C17H19FIN/c1-2-20-17(11-13-3-7-15(18)8-4-13)12-14-5-9-16(19)10-6-14/h3-10,17,20H,2,11-12H2,1H3. The number of likely N-dealkylation sites (N-methyl/N-ethyl adjacent to an activating group) is 1. The van der Waals surface area contributed by atoms with Crippen LogP contribution in [0, 0.1) is 9.39 Å². The molecule has 106 valence electrons. The number of hydrogen-bond donors (Lipinski definition) is 1. The van der Waals surface area contributed by atoms with Crippen LogP contribution in [-0.4, -0.2) is 12.6 Å². The normalized spacial score (nSPS) is 12.3. The second kappa shape index (κ2) is 7.74. The smallest absolute Gasteiger partial charge is 0.123 e. The highest BCUT2D eigenvalue weighted by molar-refractivity contribution is 14.1. The number of halogens is 2. The molecule has 0 radical (unpaired) electrons. The first-order valence-corrected chi connectivity index (χ1v) is 7.97. The molecule has 0 bridgehead atoms. The minimum atomic E-state index is -0.175. The summed E-state index contributed by atoms with van der Waals surface area (Å²) in [6, 6.07) is 15.8. The maximum absolute atomic E-state index is 12.9. The summed E-state index contributed by atoms with van der Waals surface area (Å²) in [5, 5.41) is 3.51. The van der Waals surface area contributed by atoms with Crippen LogP contribution < -0.4 is 5.32 Å². The fraction of sp³-hybridized carbons (Fsp3) is 0.294. The van der Waals surface area contributed by atoms with Crippen molar-refractivity contribution in [1.29, 1.82) is 0 Å². The van der Waals surface area contributed by atoms with Crippen LogP contribution in [0.3, 0.4) is 0 Å². The topological polar surface area (TPSA) is 12.0 Å². The Bertz CT molecular complexity index is 474. The van der Waals surface area contributed by atoms with Gasteiger partial charge < -0.3 is 5.32 Å². The summed E-state index contributed by atoms with van der Waals surface area (Å²) in [6.07, 6.45) is 1.91. The molecule has 0 spiro atoms. The fourth-order valence-corrected chi connectivity index (χ4v) is 2.67. The van der Waals surface area contributed by atoms with E-state index in [-0.39, 0.29) is 5.82 Å². The van der Waals surface area contributed by atoms with E-state index in [1.807, 2.05) is 12.1 Å². The Balaban J connectivity index is 2.02. The molecule has 0 aliphatic rings. The summed E-state index contributed by atoms with van der Waals surface area (Å²) in [4.78, 5) is 0. The molecule has 0 saturated carbocycles. The van der Waals surface area contributed by atoms with E-state index in [1.165, 1.54) is 26.8 Å². The second-order valence-electron chi connectivity index (χ2n) is 4.92. The predicted octanol–water partition coefficient (Wildman–Crippen LogP) is 4.19. The van der Waals surface area contributed by atoms with E-state index < -0.39 is 0 Å². The maximum atomic E-state index is 12.9. The maximum Gasteiger partial charge on any atom is 0.123 e.